The summed E-state index contributed by atoms with van der Waals surface area (Å²) in [4.78, 5) is 0. The van der Waals surface area contributed by atoms with Gasteiger partial charge in [-0.25, -0.2) is 0 Å². The van der Waals surface area contributed by atoms with Crippen LogP contribution in [0.4, 0.5) is 0 Å². The Hall–Kier alpha value is -1.06. The van der Waals surface area contributed by atoms with Gasteiger partial charge in [0.15, 0.2) is 0 Å². The van der Waals surface area contributed by atoms with Gasteiger partial charge in [-0.05, 0) is 80.7 Å². The van der Waals surface area contributed by atoms with Crippen molar-refractivity contribution in [3.05, 3.63) is 119 Å². The van der Waals surface area contributed by atoms with Gasteiger partial charge < -0.3 is 43.6 Å². The summed E-state index contributed by atoms with van der Waals surface area (Å²) in [6.45, 7) is 28.6. The van der Waals surface area contributed by atoms with E-state index < -0.39 is 8.07 Å². The fourth-order valence-electron chi connectivity index (χ4n) is 8.01. The van der Waals surface area contributed by atoms with Crippen LogP contribution < -0.4 is 52.8 Å². The molecule has 5 rings (SSSR count). The van der Waals surface area contributed by atoms with Crippen molar-refractivity contribution in [3.63, 3.8) is 0 Å². The third kappa shape index (κ3) is 9.35. The van der Waals surface area contributed by atoms with E-state index in [1.165, 1.54) is 33.4 Å². The first-order chi connectivity index (χ1) is 21.7. The number of hydrogen-bond donors (Lipinski definition) is 0. The van der Waals surface area contributed by atoms with E-state index in [2.05, 4.69) is 168 Å². The molecule has 50 heavy (non-hydrogen) atoms. The molecule has 0 amide bonds. The Labute approximate surface area is 341 Å². The summed E-state index contributed by atoms with van der Waals surface area (Å²) in [5.41, 5.74) is 9.38. The van der Waals surface area contributed by atoms with Crippen molar-refractivity contribution in [1.29, 1.82) is 0 Å². The third-order valence-electron chi connectivity index (χ3n) is 11.2. The molecule has 0 bridgehead atoms. The second-order valence-corrected chi connectivity index (χ2v) is 20.4. The van der Waals surface area contributed by atoms with Crippen LogP contribution in [0.3, 0.4) is 0 Å². The smallest absolute Gasteiger partial charge is 1.00 e. The van der Waals surface area contributed by atoms with E-state index >= 15 is 0 Å². The van der Waals surface area contributed by atoms with Gasteiger partial charge in [-0.1, -0.05) is 178 Å². The maximum Gasteiger partial charge on any atom is 4.00 e. The second kappa shape index (κ2) is 19.3. The van der Waals surface area contributed by atoms with Crippen molar-refractivity contribution in [2.75, 3.05) is 0 Å². The Morgan fingerprint density at radius 3 is 1.02 bits per heavy atom. The van der Waals surface area contributed by atoms with E-state index in [1.54, 1.807) is 15.6 Å². The van der Waals surface area contributed by atoms with E-state index in [0.29, 0.717) is 52.9 Å². The maximum atomic E-state index is 2.78. The van der Waals surface area contributed by atoms with Crippen LogP contribution >= 0.6 is 0 Å². The van der Waals surface area contributed by atoms with E-state index in [4.69, 9.17) is 0 Å². The third-order valence-corrected chi connectivity index (χ3v) is 16.4. The molecule has 2 aliphatic rings. The number of hydrogen-bond acceptors (Lipinski definition) is 0. The number of rotatable bonds is 10. The predicted molar refractivity (Wildman–Crippen MR) is 206 cm³/mol. The van der Waals surface area contributed by atoms with Crippen molar-refractivity contribution >= 4 is 23.6 Å². The van der Waals surface area contributed by atoms with Gasteiger partial charge in [-0.3, -0.25) is 0 Å². The molecule has 3 aromatic rings. The van der Waals surface area contributed by atoms with Gasteiger partial charge in [-0.15, -0.1) is 0 Å². The van der Waals surface area contributed by atoms with E-state index in [1.807, 2.05) is 0 Å². The predicted octanol–water partition coefficient (Wildman–Crippen LogP) is 2.24. The molecule has 0 radical (unpaired) electrons. The molecule has 3 aromatic carbocycles. The van der Waals surface area contributed by atoms with Crippen molar-refractivity contribution in [2.45, 2.75) is 131 Å². The van der Waals surface area contributed by atoms with Gasteiger partial charge in [0, 0.05) is 0 Å². The Morgan fingerprint density at radius 2 is 0.740 bits per heavy atom. The number of allylic oxidation sites excluding steroid dienone is 4. The van der Waals surface area contributed by atoms with Crippen LogP contribution in [0, 0.1) is 18.3 Å². The summed E-state index contributed by atoms with van der Waals surface area (Å²) < 4.78 is 0. The average molecular weight is 784 g/mol. The number of halogens is 3. The van der Waals surface area contributed by atoms with Crippen LogP contribution in [0.25, 0.3) is 0 Å². The van der Waals surface area contributed by atoms with Crippen LogP contribution in [0.15, 0.2) is 78.9 Å². The summed E-state index contributed by atoms with van der Waals surface area (Å²) in [6, 6.07) is 23.5. The molecule has 1 saturated carbocycles. The summed E-state index contributed by atoms with van der Waals surface area (Å²) >= 11 is 0. The molecule has 5 heteroatoms. The molecule has 0 aromatic heterocycles. The summed E-state index contributed by atoms with van der Waals surface area (Å²) in [6.07, 6.45) is 13.6. The minimum atomic E-state index is -2.70. The molecular formula is C45H61Cl3SiTi. The van der Waals surface area contributed by atoms with Gasteiger partial charge in [0.1, 0.15) is 8.07 Å². The molecule has 0 spiro atoms. The van der Waals surface area contributed by atoms with Crippen LogP contribution in [-0.2, 0) is 21.7 Å². The summed E-state index contributed by atoms with van der Waals surface area (Å²) in [5.74, 6) is 3.94. The monoisotopic (exact) mass is 782 g/mol. The molecule has 2 aliphatic carbocycles. The van der Waals surface area contributed by atoms with Crippen molar-refractivity contribution < 1.29 is 58.9 Å². The molecular weight excluding hydrogens is 723 g/mol. The first-order valence-corrected chi connectivity index (χ1v) is 20.5. The van der Waals surface area contributed by atoms with Crippen molar-refractivity contribution in [2.24, 2.45) is 11.8 Å². The van der Waals surface area contributed by atoms with E-state index in [0.717, 1.165) is 6.42 Å². The van der Waals surface area contributed by atoms with Gasteiger partial charge in [0.05, 0.1) is 0 Å². The van der Waals surface area contributed by atoms with Crippen molar-refractivity contribution in [1.82, 2.24) is 0 Å². The molecule has 3 unspecified atom stereocenters. The minimum Gasteiger partial charge on any atom is -1.00 e. The van der Waals surface area contributed by atoms with Crippen LogP contribution in [0.2, 0.25) is 5.54 Å². The maximum absolute atomic E-state index is 2.78. The zero-order chi connectivity index (χ0) is 33.5. The molecule has 3 atom stereocenters. The zero-order valence-electron chi connectivity index (χ0n) is 32.6. The molecule has 0 aliphatic heterocycles. The van der Waals surface area contributed by atoms with E-state index in [9.17, 15) is 0 Å². The standard InChI is InChI=1S/C45H61Si.3ClH.Ti/c1-28(2)35-19-36(29(3)4)23-41(22-35)46(45-18-17-34-15-13-14-16-44(34)45,42-24-37(30(5)6)20-38(25-42)31(7)8)43-26-39(32(9)10)21-40(27-43)33(11)12;;;;/h13-16,18-34,44-45H,17H2,1-12H3;3*1H;/q-1;;;;+4/p-3. The van der Waals surface area contributed by atoms with E-state index in [-0.39, 0.29) is 58.9 Å². The van der Waals surface area contributed by atoms with Gasteiger partial charge in [0.25, 0.3) is 0 Å². The molecule has 0 heterocycles. The Kier molecular flexibility index (Phi) is 18.1. The number of benzene rings is 3. The topological polar surface area (TPSA) is 0 Å². The second-order valence-electron chi connectivity index (χ2n) is 16.4. The SMILES string of the molecule is CC(C)c1cc(C(C)C)cc([Si](c2cc(C(C)C)cc(C(C)C)c2)(c2cc(C(C)C)cc(C(C)C)c2)C2[CH-]CC3C=CC=CC32)c1.[Cl-].[Cl-].[Cl-].[Ti+4]. The Bertz CT molecular complexity index is 1370. The van der Waals surface area contributed by atoms with Gasteiger partial charge in [-0.2, -0.15) is 12.0 Å². The van der Waals surface area contributed by atoms with Gasteiger partial charge >= 0.3 is 21.7 Å². The minimum absolute atomic E-state index is 0. The largest absolute Gasteiger partial charge is 4.00 e. The Balaban J connectivity index is 0.00000312. The summed E-state index contributed by atoms with van der Waals surface area (Å²) in [5, 5.41) is 4.83. The van der Waals surface area contributed by atoms with Crippen LogP contribution in [0.1, 0.15) is 158 Å². The fourth-order valence-corrected chi connectivity index (χ4v) is 14.0. The van der Waals surface area contributed by atoms with Crippen LogP contribution in [0.5, 0.6) is 0 Å². The molecule has 0 nitrogen and oxygen atoms in total. The van der Waals surface area contributed by atoms with Crippen LogP contribution in [-0.4, -0.2) is 8.07 Å². The van der Waals surface area contributed by atoms with Gasteiger partial charge in [0.2, 0.25) is 0 Å². The summed E-state index contributed by atoms with van der Waals surface area (Å²) in [7, 11) is -2.70. The molecule has 270 valence electrons. The quantitative estimate of drug-likeness (QED) is 0.168. The Morgan fingerprint density at radius 1 is 0.460 bits per heavy atom. The fraction of sp³-hybridized carbons (Fsp3) is 0.489. The average Bonchev–Trinajstić information content (AvgIpc) is 3.45. The zero-order valence-corrected chi connectivity index (χ0v) is 37.4. The molecule has 0 saturated heterocycles. The molecule has 1 fully saturated rings. The normalized spacial score (nSPS) is 18.3. The number of fused-ring (bicyclic) bond motifs is 1. The van der Waals surface area contributed by atoms with Crippen molar-refractivity contribution in [3.8, 4) is 0 Å². The first kappa shape index (κ1) is 47.0. The molecule has 0 N–H and O–H groups in total. The first-order valence-electron chi connectivity index (χ1n) is 18.4.